The van der Waals surface area contributed by atoms with Crippen molar-refractivity contribution < 1.29 is 19.1 Å². The molecule has 7 heteroatoms. The van der Waals surface area contributed by atoms with Crippen molar-refractivity contribution in [2.45, 2.75) is 6.54 Å². The summed E-state index contributed by atoms with van der Waals surface area (Å²) in [7, 11) is 0. The zero-order valence-corrected chi connectivity index (χ0v) is 22.0. The highest BCUT2D eigenvalue weighted by Crippen LogP contribution is 2.34. The van der Waals surface area contributed by atoms with Gasteiger partial charge in [-0.1, -0.05) is 72.8 Å². The number of hydrogen-bond acceptors (Lipinski definition) is 5. The Balaban J connectivity index is 1.15. The number of carbonyl (C=O) groups is 2. The first-order valence-electron chi connectivity index (χ1n) is 12.8. The molecule has 1 aliphatic heterocycles. The second-order valence-electron chi connectivity index (χ2n) is 9.12. The van der Waals surface area contributed by atoms with Crippen molar-refractivity contribution in [3.8, 4) is 11.5 Å². The Morgan fingerprint density at radius 2 is 1.44 bits per heavy atom. The molecule has 0 saturated carbocycles. The molecular weight excluding hydrogens is 508 g/mol. The third kappa shape index (κ3) is 5.26. The summed E-state index contributed by atoms with van der Waals surface area (Å²) in [4.78, 5) is 27.6. The summed E-state index contributed by atoms with van der Waals surface area (Å²) in [5, 5.41) is 2.81. The lowest BCUT2D eigenvalue weighted by Crippen LogP contribution is -2.32. The number of aromatic nitrogens is 1. The highest BCUT2D eigenvalue weighted by molar-refractivity contribution is 8.18. The number of rotatable bonds is 9. The molecule has 6 rings (SSSR count). The quantitative estimate of drug-likeness (QED) is 0.191. The first kappa shape index (κ1) is 24.8. The van der Waals surface area contributed by atoms with Gasteiger partial charge >= 0.3 is 0 Å². The fourth-order valence-electron chi connectivity index (χ4n) is 4.76. The predicted molar refractivity (Wildman–Crippen MR) is 156 cm³/mol. The standard InChI is InChI=1S/C32H26N2O4S/c35-31-30(39-32(36)34(31)18-20-38-29-16-8-10-23-9-4-5-14-27(23)29)21-24-22-33(28-15-7-6-13-26(24)28)17-19-37-25-11-2-1-3-12-25/h1-16,21-22H,17-20H2/b30-21-. The number of fused-ring (bicyclic) bond motifs is 2. The molecule has 0 spiro atoms. The topological polar surface area (TPSA) is 60.8 Å². The van der Waals surface area contributed by atoms with Gasteiger partial charge in [0, 0.05) is 28.0 Å². The molecule has 2 heterocycles. The van der Waals surface area contributed by atoms with Crippen LogP contribution >= 0.6 is 11.8 Å². The molecule has 0 atom stereocenters. The third-order valence-corrected chi connectivity index (χ3v) is 7.55. The number of thioether (sulfide) groups is 1. The molecule has 0 unspecified atom stereocenters. The van der Waals surface area contributed by atoms with Gasteiger partial charge in [-0.15, -0.1) is 0 Å². The van der Waals surface area contributed by atoms with Gasteiger partial charge in [0.15, 0.2) is 0 Å². The summed E-state index contributed by atoms with van der Waals surface area (Å²) < 4.78 is 14.0. The Morgan fingerprint density at radius 3 is 2.31 bits per heavy atom. The molecule has 0 bridgehead atoms. The molecule has 1 aromatic heterocycles. The zero-order valence-electron chi connectivity index (χ0n) is 21.2. The van der Waals surface area contributed by atoms with Crippen LogP contribution in [0.4, 0.5) is 4.79 Å². The van der Waals surface area contributed by atoms with Crippen molar-refractivity contribution >= 4 is 50.7 Å². The van der Waals surface area contributed by atoms with Gasteiger partial charge in [-0.25, -0.2) is 0 Å². The molecule has 2 amide bonds. The smallest absolute Gasteiger partial charge is 0.293 e. The second-order valence-corrected chi connectivity index (χ2v) is 10.1. The van der Waals surface area contributed by atoms with Gasteiger partial charge in [0.1, 0.15) is 24.7 Å². The molecule has 1 saturated heterocycles. The van der Waals surface area contributed by atoms with E-state index in [9.17, 15) is 9.59 Å². The summed E-state index contributed by atoms with van der Waals surface area (Å²) in [5.74, 6) is 1.27. The molecule has 1 aliphatic rings. The van der Waals surface area contributed by atoms with E-state index in [0.29, 0.717) is 18.1 Å². The summed E-state index contributed by atoms with van der Waals surface area (Å²) in [5.41, 5.74) is 1.94. The number of amides is 2. The summed E-state index contributed by atoms with van der Waals surface area (Å²) in [6, 6.07) is 31.6. The van der Waals surface area contributed by atoms with Gasteiger partial charge in [0.05, 0.1) is 18.0 Å². The van der Waals surface area contributed by atoms with Gasteiger partial charge < -0.3 is 14.0 Å². The van der Waals surface area contributed by atoms with Crippen LogP contribution in [0, 0.1) is 0 Å². The molecule has 0 N–H and O–H groups in total. The van der Waals surface area contributed by atoms with Crippen LogP contribution in [0.25, 0.3) is 27.8 Å². The first-order chi connectivity index (χ1) is 19.2. The van der Waals surface area contributed by atoms with Gasteiger partial charge in [0.2, 0.25) is 0 Å². The van der Waals surface area contributed by atoms with E-state index in [-0.39, 0.29) is 24.3 Å². The average Bonchev–Trinajstić information content (AvgIpc) is 3.45. The number of imide groups is 1. The minimum Gasteiger partial charge on any atom is -0.492 e. The summed E-state index contributed by atoms with van der Waals surface area (Å²) in [6.07, 6.45) is 3.82. The number of ether oxygens (including phenoxy) is 2. The fourth-order valence-corrected chi connectivity index (χ4v) is 5.61. The Bertz CT molecular complexity index is 1690. The Morgan fingerprint density at radius 1 is 0.718 bits per heavy atom. The molecule has 6 nitrogen and oxygen atoms in total. The average molecular weight is 535 g/mol. The van der Waals surface area contributed by atoms with Gasteiger partial charge in [-0.2, -0.15) is 0 Å². The SMILES string of the molecule is O=C1S/C(=C\c2cn(CCOc3ccccc3)c3ccccc23)C(=O)N1CCOc1cccc2ccccc12. The van der Waals surface area contributed by atoms with E-state index in [1.165, 1.54) is 4.90 Å². The van der Waals surface area contributed by atoms with Crippen molar-refractivity contribution in [2.75, 3.05) is 19.8 Å². The fraction of sp³-hybridized carbons (Fsp3) is 0.125. The Kier molecular flexibility index (Phi) is 7.06. The number of carbonyl (C=O) groups excluding carboxylic acids is 2. The van der Waals surface area contributed by atoms with Crippen molar-refractivity contribution in [1.29, 1.82) is 0 Å². The van der Waals surface area contributed by atoms with Crippen molar-refractivity contribution in [2.24, 2.45) is 0 Å². The van der Waals surface area contributed by atoms with Crippen LogP contribution in [-0.4, -0.2) is 40.4 Å². The van der Waals surface area contributed by atoms with E-state index in [1.807, 2.05) is 109 Å². The highest BCUT2D eigenvalue weighted by atomic mass is 32.2. The van der Waals surface area contributed by atoms with E-state index in [1.54, 1.807) is 0 Å². The first-order valence-corrected chi connectivity index (χ1v) is 13.6. The van der Waals surface area contributed by atoms with E-state index < -0.39 is 0 Å². The predicted octanol–water partition coefficient (Wildman–Crippen LogP) is 6.99. The largest absolute Gasteiger partial charge is 0.492 e. The van der Waals surface area contributed by atoms with Gasteiger partial charge in [-0.3, -0.25) is 14.5 Å². The number of nitrogens with zero attached hydrogens (tertiary/aromatic N) is 2. The van der Waals surface area contributed by atoms with Crippen molar-refractivity contribution in [3.05, 3.63) is 114 Å². The summed E-state index contributed by atoms with van der Waals surface area (Å²) in [6.45, 7) is 1.56. The Labute approximate surface area is 230 Å². The van der Waals surface area contributed by atoms with Crippen LogP contribution in [0.2, 0.25) is 0 Å². The normalized spacial score (nSPS) is 14.6. The van der Waals surface area contributed by atoms with Crippen LogP contribution in [0.15, 0.2) is 108 Å². The van der Waals surface area contributed by atoms with E-state index >= 15 is 0 Å². The van der Waals surface area contributed by atoms with Crippen LogP contribution in [0.1, 0.15) is 5.56 Å². The summed E-state index contributed by atoms with van der Waals surface area (Å²) >= 11 is 0.967. The minimum absolute atomic E-state index is 0.184. The van der Waals surface area contributed by atoms with E-state index in [0.717, 1.165) is 50.5 Å². The van der Waals surface area contributed by atoms with Crippen molar-refractivity contribution in [1.82, 2.24) is 9.47 Å². The lowest BCUT2D eigenvalue weighted by atomic mass is 10.1. The number of hydrogen-bond donors (Lipinski definition) is 0. The maximum absolute atomic E-state index is 13.2. The Hall–Kier alpha value is -4.49. The second kappa shape index (κ2) is 11.1. The van der Waals surface area contributed by atoms with E-state index in [4.69, 9.17) is 9.47 Å². The van der Waals surface area contributed by atoms with Crippen LogP contribution < -0.4 is 9.47 Å². The van der Waals surface area contributed by atoms with Crippen molar-refractivity contribution in [3.63, 3.8) is 0 Å². The van der Waals surface area contributed by atoms with Crippen LogP contribution in [-0.2, 0) is 11.3 Å². The molecular formula is C32H26N2O4S. The number of benzene rings is 4. The molecule has 4 aromatic carbocycles. The van der Waals surface area contributed by atoms with Gasteiger partial charge in [0.25, 0.3) is 11.1 Å². The minimum atomic E-state index is -0.296. The highest BCUT2D eigenvalue weighted by Gasteiger charge is 2.35. The van der Waals surface area contributed by atoms with Crippen LogP contribution in [0.3, 0.4) is 0 Å². The maximum Gasteiger partial charge on any atom is 0.293 e. The lowest BCUT2D eigenvalue weighted by Gasteiger charge is -2.14. The molecule has 0 radical (unpaired) electrons. The molecule has 5 aromatic rings. The molecule has 0 aliphatic carbocycles. The van der Waals surface area contributed by atoms with E-state index in [2.05, 4.69) is 4.57 Å². The van der Waals surface area contributed by atoms with Gasteiger partial charge in [-0.05, 0) is 47.5 Å². The molecule has 39 heavy (non-hydrogen) atoms. The monoisotopic (exact) mass is 534 g/mol. The third-order valence-electron chi connectivity index (χ3n) is 6.65. The maximum atomic E-state index is 13.2. The molecule has 194 valence electrons. The lowest BCUT2D eigenvalue weighted by molar-refractivity contribution is -0.123. The molecule has 1 fully saturated rings. The van der Waals surface area contributed by atoms with Crippen LogP contribution in [0.5, 0.6) is 11.5 Å². The number of para-hydroxylation sites is 2. The zero-order chi connectivity index (χ0) is 26.6.